The zero-order valence-corrected chi connectivity index (χ0v) is 18.3. The van der Waals surface area contributed by atoms with Crippen molar-refractivity contribution in [3.63, 3.8) is 0 Å². The second-order valence-corrected chi connectivity index (χ2v) is 9.40. The summed E-state index contributed by atoms with van der Waals surface area (Å²) in [7, 11) is 0. The van der Waals surface area contributed by atoms with Crippen molar-refractivity contribution in [2.75, 3.05) is 0 Å². The van der Waals surface area contributed by atoms with E-state index in [9.17, 15) is 4.79 Å². The Hall–Kier alpha value is -3.02. The van der Waals surface area contributed by atoms with E-state index in [0.29, 0.717) is 12.0 Å². The van der Waals surface area contributed by atoms with E-state index in [1.807, 2.05) is 31.2 Å². The molecule has 1 saturated carbocycles. The van der Waals surface area contributed by atoms with E-state index < -0.39 is 0 Å². The van der Waals surface area contributed by atoms with E-state index in [4.69, 9.17) is 11.3 Å². The van der Waals surface area contributed by atoms with Gasteiger partial charge in [0.25, 0.3) is 5.91 Å². The maximum absolute atomic E-state index is 13.0. The van der Waals surface area contributed by atoms with Crippen molar-refractivity contribution in [2.24, 2.45) is 27.4 Å². The molecule has 1 aliphatic heterocycles. The van der Waals surface area contributed by atoms with Crippen LogP contribution < -0.4 is 11.1 Å². The number of allylic oxidation sites excluding steroid dienone is 4. The van der Waals surface area contributed by atoms with Crippen molar-refractivity contribution in [3.8, 4) is 0 Å². The highest BCUT2D eigenvalue weighted by Gasteiger charge is 2.33. The Kier molecular flexibility index (Phi) is 5.90. The van der Waals surface area contributed by atoms with Crippen LogP contribution in [-0.2, 0) is 4.79 Å². The summed E-state index contributed by atoms with van der Waals surface area (Å²) < 4.78 is 0. The molecule has 0 spiro atoms. The Bertz CT molecular complexity index is 997. The van der Waals surface area contributed by atoms with Gasteiger partial charge in [0.1, 0.15) is 0 Å². The summed E-state index contributed by atoms with van der Waals surface area (Å²) in [4.78, 5) is 13.0. The van der Waals surface area contributed by atoms with Gasteiger partial charge in [-0.25, -0.2) is 0 Å². The van der Waals surface area contributed by atoms with E-state index in [2.05, 4.69) is 40.8 Å². The number of nitrogens with one attached hydrogen (secondary N) is 2. The maximum atomic E-state index is 13.0. The van der Waals surface area contributed by atoms with Gasteiger partial charge >= 0.3 is 0 Å². The minimum atomic E-state index is -0.236. The molecule has 6 nitrogen and oxygen atoms in total. The molecule has 4 rings (SSSR count). The summed E-state index contributed by atoms with van der Waals surface area (Å²) in [5.41, 5.74) is 18.0. The molecule has 0 bridgehead atoms. The first kappa shape index (κ1) is 21.2. The molecule has 1 aromatic carbocycles. The van der Waals surface area contributed by atoms with E-state index in [1.54, 1.807) is 0 Å². The van der Waals surface area contributed by atoms with Gasteiger partial charge in [0, 0.05) is 6.04 Å². The molecule has 1 amide bonds. The van der Waals surface area contributed by atoms with Crippen molar-refractivity contribution in [1.29, 1.82) is 5.53 Å². The van der Waals surface area contributed by atoms with Crippen LogP contribution in [-0.4, -0.2) is 17.8 Å². The van der Waals surface area contributed by atoms with Crippen LogP contribution in [0.4, 0.5) is 0 Å². The lowest BCUT2D eigenvalue weighted by atomic mass is 9.75. The molecule has 4 N–H and O–H groups in total. The van der Waals surface area contributed by atoms with Gasteiger partial charge in [0.05, 0.1) is 5.57 Å². The molecule has 2 aliphatic carbocycles. The number of nitrogens with zero attached hydrogens (tertiary/aromatic N) is 2. The van der Waals surface area contributed by atoms with Crippen LogP contribution in [0.25, 0.3) is 5.57 Å². The molecule has 1 fully saturated rings. The van der Waals surface area contributed by atoms with E-state index >= 15 is 0 Å². The lowest BCUT2D eigenvalue weighted by molar-refractivity contribution is -0.118. The zero-order valence-electron chi connectivity index (χ0n) is 18.3. The summed E-state index contributed by atoms with van der Waals surface area (Å²) in [5.74, 6) is 0.510. The van der Waals surface area contributed by atoms with Crippen LogP contribution in [0.15, 0.2) is 64.0 Å². The fourth-order valence-corrected chi connectivity index (χ4v) is 4.68. The summed E-state index contributed by atoms with van der Waals surface area (Å²) >= 11 is 0. The first-order valence-electron chi connectivity index (χ1n) is 11.1. The number of benzene rings is 1. The topological polar surface area (TPSA) is 104 Å². The predicted octanol–water partition coefficient (Wildman–Crippen LogP) is 5.02. The summed E-state index contributed by atoms with van der Waals surface area (Å²) in [6.07, 6.45) is 13.3. The van der Waals surface area contributed by atoms with E-state index in [0.717, 1.165) is 41.9 Å². The molecule has 31 heavy (non-hydrogen) atoms. The van der Waals surface area contributed by atoms with Crippen LogP contribution in [0.5, 0.6) is 0 Å². The fourth-order valence-electron chi connectivity index (χ4n) is 4.68. The van der Waals surface area contributed by atoms with Gasteiger partial charge < -0.3 is 11.1 Å². The van der Waals surface area contributed by atoms with Crippen molar-refractivity contribution < 1.29 is 4.79 Å². The molecule has 1 aromatic rings. The van der Waals surface area contributed by atoms with Crippen molar-refractivity contribution in [1.82, 2.24) is 5.32 Å². The number of nitrogens with two attached hydrogens (primary N) is 1. The molecular weight excluding hydrogens is 386 g/mol. The van der Waals surface area contributed by atoms with Crippen molar-refractivity contribution >= 4 is 17.3 Å². The first-order chi connectivity index (χ1) is 14.9. The van der Waals surface area contributed by atoms with Crippen LogP contribution in [0.1, 0.15) is 56.6 Å². The molecular formula is C25H31N5O. The molecule has 3 aliphatic rings. The molecule has 0 aromatic heterocycles. The average molecular weight is 418 g/mol. The van der Waals surface area contributed by atoms with Gasteiger partial charge in [-0.15, -0.1) is 5.10 Å². The minimum Gasteiger partial charge on any atom is -0.381 e. The Morgan fingerprint density at radius 3 is 2.71 bits per heavy atom. The molecule has 2 unspecified atom stereocenters. The highest BCUT2D eigenvalue weighted by Crippen LogP contribution is 2.44. The van der Waals surface area contributed by atoms with E-state index in [1.165, 1.54) is 18.4 Å². The van der Waals surface area contributed by atoms with Crippen molar-refractivity contribution in [2.45, 2.75) is 58.4 Å². The molecule has 0 saturated heterocycles. The number of amidine groups is 1. The average Bonchev–Trinajstić information content (AvgIpc) is 3.58. The molecule has 162 valence electrons. The summed E-state index contributed by atoms with van der Waals surface area (Å²) in [6.45, 7) is 4.36. The third-order valence-electron chi connectivity index (χ3n) is 6.65. The number of hydrogen-bond acceptors (Lipinski definition) is 3. The minimum absolute atomic E-state index is 0.0112. The normalized spacial score (nSPS) is 26.5. The second-order valence-electron chi connectivity index (χ2n) is 9.40. The molecule has 1 heterocycles. The smallest absolute Gasteiger partial charge is 0.255 e. The standard InChI is InChI=1S/C25H31N5O/c1-16-5-7-18(8-6-16)21-14-20(28-24(31)22(21)23(26)29-30-27)11-13-25(2)12-3-4-19(15-25)17-9-10-17/h3-8,15,17,20H,9-14H2,1-2H3,(H,28,31)(H3,26,27,29). The van der Waals surface area contributed by atoms with E-state index in [-0.39, 0.29) is 23.2 Å². The highest BCUT2D eigenvalue weighted by atomic mass is 16.1. The number of aryl methyl sites for hydroxylation is 1. The number of rotatable bonds is 7. The molecule has 2 atom stereocenters. The van der Waals surface area contributed by atoms with Crippen LogP contribution >= 0.6 is 0 Å². The summed E-state index contributed by atoms with van der Waals surface area (Å²) in [5, 5.41) is 9.78. The van der Waals surface area contributed by atoms with Gasteiger partial charge in [-0.1, -0.05) is 60.2 Å². The van der Waals surface area contributed by atoms with Gasteiger partial charge in [-0.2, -0.15) is 5.53 Å². The number of carbonyl (C=O) groups excluding carboxylic acids is 1. The number of carbonyl (C=O) groups is 1. The van der Waals surface area contributed by atoms with Crippen molar-refractivity contribution in [3.05, 3.63) is 64.8 Å². The Labute approximate surface area is 183 Å². The summed E-state index contributed by atoms with van der Waals surface area (Å²) in [6, 6.07) is 8.13. The number of amides is 1. The monoisotopic (exact) mass is 417 g/mol. The van der Waals surface area contributed by atoms with Crippen LogP contribution in [0, 0.1) is 23.8 Å². The lowest BCUT2D eigenvalue weighted by Crippen LogP contribution is -2.44. The number of hydrogen-bond donors (Lipinski definition) is 3. The SMILES string of the molecule is Cc1ccc(C2=C(C(N)=NN=N)C(=O)NC(CCC3(C)C=C(C4CC4)C=CC3)C2)cc1. The Morgan fingerprint density at radius 1 is 1.29 bits per heavy atom. The third-order valence-corrected chi connectivity index (χ3v) is 6.65. The lowest BCUT2D eigenvalue weighted by Gasteiger charge is -2.33. The predicted molar refractivity (Wildman–Crippen MR) is 123 cm³/mol. The molecule has 6 heteroatoms. The fraction of sp³-hybridized carbons (Fsp3) is 0.440. The third kappa shape index (κ3) is 4.84. The van der Waals surface area contributed by atoms with Gasteiger partial charge in [0.15, 0.2) is 5.84 Å². The van der Waals surface area contributed by atoms with Gasteiger partial charge in [-0.05, 0) is 73.5 Å². The Balaban J connectivity index is 1.55. The molecule has 0 radical (unpaired) electrons. The first-order valence-corrected chi connectivity index (χ1v) is 11.1. The second kappa shape index (κ2) is 8.61. The van der Waals surface area contributed by atoms with Crippen LogP contribution in [0.2, 0.25) is 0 Å². The zero-order chi connectivity index (χ0) is 22.0. The quantitative estimate of drug-likeness (QED) is 0.251. The van der Waals surface area contributed by atoms with Gasteiger partial charge in [-0.3, -0.25) is 4.79 Å². The highest BCUT2D eigenvalue weighted by molar-refractivity contribution is 6.26. The maximum Gasteiger partial charge on any atom is 0.255 e. The Morgan fingerprint density at radius 2 is 2.03 bits per heavy atom. The van der Waals surface area contributed by atoms with Gasteiger partial charge in [0.2, 0.25) is 0 Å². The van der Waals surface area contributed by atoms with Crippen LogP contribution in [0.3, 0.4) is 0 Å². The largest absolute Gasteiger partial charge is 0.381 e.